The number of nitrogen functional groups attached to an aromatic ring is 1. The van der Waals surface area contributed by atoms with E-state index in [4.69, 9.17) is 20.5 Å². The molecule has 0 unspecified atom stereocenters. The van der Waals surface area contributed by atoms with Crippen molar-refractivity contribution in [3.63, 3.8) is 0 Å². The highest BCUT2D eigenvalue weighted by molar-refractivity contribution is 5.51. The fourth-order valence-electron chi connectivity index (χ4n) is 1.91. The molecule has 108 valence electrons. The highest BCUT2D eigenvalue weighted by Gasteiger charge is 2.13. The van der Waals surface area contributed by atoms with Crippen molar-refractivity contribution in [1.29, 1.82) is 5.26 Å². The van der Waals surface area contributed by atoms with Gasteiger partial charge >= 0.3 is 0 Å². The van der Waals surface area contributed by atoms with Gasteiger partial charge in [0.15, 0.2) is 11.5 Å². The molecule has 6 heteroatoms. The third kappa shape index (κ3) is 3.20. The summed E-state index contributed by atoms with van der Waals surface area (Å²) in [5, 5.41) is 8.91. The van der Waals surface area contributed by atoms with E-state index >= 15 is 0 Å². The summed E-state index contributed by atoms with van der Waals surface area (Å²) in [5.41, 5.74) is 7.14. The molecule has 2 aromatic rings. The van der Waals surface area contributed by atoms with Gasteiger partial charge in [-0.05, 0) is 18.6 Å². The van der Waals surface area contributed by atoms with Crippen LogP contribution in [0.5, 0.6) is 17.4 Å². The third-order valence-corrected chi connectivity index (χ3v) is 2.94. The molecular formula is C15H16N4O2. The van der Waals surface area contributed by atoms with Crippen LogP contribution in [0.3, 0.4) is 0 Å². The Hall–Kier alpha value is -2.81. The minimum absolute atomic E-state index is 0.410. The Kier molecular flexibility index (Phi) is 4.57. The Labute approximate surface area is 123 Å². The molecule has 0 aliphatic rings. The number of rotatable bonds is 5. The average Bonchev–Trinajstić information content (AvgIpc) is 2.51. The van der Waals surface area contributed by atoms with Crippen LogP contribution in [-0.4, -0.2) is 17.1 Å². The van der Waals surface area contributed by atoms with Gasteiger partial charge in [-0.2, -0.15) is 5.26 Å². The van der Waals surface area contributed by atoms with Crippen LogP contribution in [0.15, 0.2) is 24.5 Å². The number of nitrogens with zero attached hydrogens (tertiary/aromatic N) is 3. The molecule has 0 saturated heterocycles. The zero-order valence-electron chi connectivity index (χ0n) is 12.0. The van der Waals surface area contributed by atoms with Gasteiger partial charge in [0.2, 0.25) is 5.88 Å². The molecule has 6 nitrogen and oxygen atoms in total. The van der Waals surface area contributed by atoms with Crippen molar-refractivity contribution >= 4 is 5.82 Å². The summed E-state index contributed by atoms with van der Waals surface area (Å²) in [6, 6.07) is 6.99. The van der Waals surface area contributed by atoms with Crippen LogP contribution in [0, 0.1) is 11.3 Å². The number of ether oxygens (including phenoxy) is 2. The maximum absolute atomic E-state index is 8.91. The fourth-order valence-corrected chi connectivity index (χ4v) is 1.91. The first-order valence-electron chi connectivity index (χ1n) is 6.55. The van der Waals surface area contributed by atoms with Crippen molar-refractivity contribution in [2.45, 2.75) is 19.8 Å². The minimum atomic E-state index is 0.410. The minimum Gasteiger partial charge on any atom is -0.493 e. The summed E-state index contributed by atoms with van der Waals surface area (Å²) in [7, 11) is 1.52. The van der Waals surface area contributed by atoms with Crippen LogP contribution in [0.2, 0.25) is 0 Å². The molecule has 1 heterocycles. The van der Waals surface area contributed by atoms with Crippen molar-refractivity contribution in [3.8, 4) is 23.4 Å². The molecule has 0 saturated carbocycles. The quantitative estimate of drug-likeness (QED) is 0.907. The number of nitrogens with two attached hydrogens (primary N) is 1. The van der Waals surface area contributed by atoms with Gasteiger partial charge in [0.25, 0.3) is 0 Å². The molecule has 2 N–H and O–H groups in total. The standard InChI is InChI=1S/C15H16N4O2/c1-3-4-11-14(17)18-9-19-15(11)21-12-6-5-10(8-16)7-13(12)20-2/h5-7,9H,3-4H2,1-2H3,(H2,17,18,19). The fraction of sp³-hybridized carbons (Fsp3) is 0.267. The Morgan fingerprint density at radius 3 is 2.76 bits per heavy atom. The number of methoxy groups -OCH3 is 1. The Morgan fingerprint density at radius 1 is 1.29 bits per heavy atom. The highest BCUT2D eigenvalue weighted by atomic mass is 16.5. The van der Waals surface area contributed by atoms with Crippen molar-refractivity contribution in [2.75, 3.05) is 12.8 Å². The molecule has 0 radical (unpaired) electrons. The van der Waals surface area contributed by atoms with E-state index in [2.05, 4.69) is 16.0 Å². The molecule has 0 aliphatic heterocycles. The molecule has 0 aliphatic carbocycles. The van der Waals surface area contributed by atoms with Gasteiger partial charge < -0.3 is 15.2 Å². The van der Waals surface area contributed by atoms with E-state index in [0.29, 0.717) is 28.8 Å². The van der Waals surface area contributed by atoms with Crippen LogP contribution >= 0.6 is 0 Å². The molecule has 0 spiro atoms. The van der Waals surface area contributed by atoms with Crippen molar-refractivity contribution in [3.05, 3.63) is 35.7 Å². The first-order valence-corrected chi connectivity index (χ1v) is 6.55. The summed E-state index contributed by atoms with van der Waals surface area (Å²) in [6.45, 7) is 2.04. The van der Waals surface area contributed by atoms with Gasteiger partial charge in [0, 0.05) is 6.07 Å². The predicted molar refractivity (Wildman–Crippen MR) is 78.2 cm³/mol. The number of nitriles is 1. The lowest BCUT2D eigenvalue weighted by molar-refractivity contribution is 0.372. The molecule has 0 bridgehead atoms. The van der Waals surface area contributed by atoms with E-state index in [1.165, 1.54) is 13.4 Å². The number of anilines is 1. The summed E-state index contributed by atoms with van der Waals surface area (Å²) in [6.07, 6.45) is 2.99. The van der Waals surface area contributed by atoms with E-state index in [0.717, 1.165) is 18.4 Å². The second kappa shape index (κ2) is 6.57. The summed E-state index contributed by atoms with van der Waals surface area (Å²) >= 11 is 0. The van der Waals surface area contributed by atoms with Gasteiger partial charge in [-0.3, -0.25) is 0 Å². The van der Waals surface area contributed by atoms with Crippen LogP contribution < -0.4 is 15.2 Å². The largest absolute Gasteiger partial charge is 0.493 e. The topological polar surface area (TPSA) is 94.0 Å². The summed E-state index contributed by atoms with van der Waals surface area (Å²) in [5.74, 6) is 1.77. The predicted octanol–water partition coefficient (Wildman–Crippen LogP) is 2.68. The van der Waals surface area contributed by atoms with Gasteiger partial charge in [-0.1, -0.05) is 13.3 Å². The molecule has 2 rings (SSSR count). The van der Waals surface area contributed by atoms with E-state index in [1.54, 1.807) is 18.2 Å². The number of hydrogen-bond acceptors (Lipinski definition) is 6. The van der Waals surface area contributed by atoms with Crippen molar-refractivity contribution in [1.82, 2.24) is 9.97 Å². The number of hydrogen-bond donors (Lipinski definition) is 1. The summed E-state index contributed by atoms with van der Waals surface area (Å²) in [4.78, 5) is 8.12. The Morgan fingerprint density at radius 2 is 2.10 bits per heavy atom. The first kappa shape index (κ1) is 14.6. The summed E-state index contributed by atoms with van der Waals surface area (Å²) < 4.78 is 11.0. The monoisotopic (exact) mass is 284 g/mol. The Bertz CT molecular complexity index is 680. The van der Waals surface area contributed by atoms with Crippen molar-refractivity contribution in [2.24, 2.45) is 0 Å². The van der Waals surface area contributed by atoms with E-state index in [-0.39, 0.29) is 0 Å². The lowest BCUT2D eigenvalue weighted by atomic mass is 10.1. The lowest BCUT2D eigenvalue weighted by Gasteiger charge is -2.13. The van der Waals surface area contributed by atoms with Crippen LogP contribution in [0.25, 0.3) is 0 Å². The van der Waals surface area contributed by atoms with Crippen LogP contribution in [-0.2, 0) is 6.42 Å². The van der Waals surface area contributed by atoms with Crippen molar-refractivity contribution < 1.29 is 9.47 Å². The second-order valence-corrected chi connectivity index (χ2v) is 4.37. The molecule has 1 aromatic heterocycles. The van der Waals surface area contributed by atoms with Crippen LogP contribution in [0.1, 0.15) is 24.5 Å². The molecule has 0 atom stereocenters. The Balaban J connectivity index is 2.39. The molecular weight excluding hydrogens is 268 g/mol. The second-order valence-electron chi connectivity index (χ2n) is 4.37. The van der Waals surface area contributed by atoms with Gasteiger partial charge in [0.05, 0.1) is 24.3 Å². The smallest absolute Gasteiger partial charge is 0.227 e. The maximum Gasteiger partial charge on any atom is 0.227 e. The first-order chi connectivity index (χ1) is 10.2. The zero-order valence-corrected chi connectivity index (χ0v) is 12.0. The van der Waals surface area contributed by atoms with E-state index in [9.17, 15) is 0 Å². The average molecular weight is 284 g/mol. The number of aromatic nitrogens is 2. The van der Waals surface area contributed by atoms with E-state index < -0.39 is 0 Å². The van der Waals surface area contributed by atoms with Crippen LogP contribution in [0.4, 0.5) is 5.82 Å². The zero-order chi connectivity index (χ0) is 15.2. The van der Waals surface area contributed by atoms with E-state index in [1.807, 2.05) is 6.92 Å². The third-order valence-electron chi connectivity index (χ3n) is 2.94. The normalized spacial score (nSPS) is 9.95. The molecule has 0 fully saturated rings. The molecule has 0 amide bonds. The number of benzene rings is 1. The maximum atomic E-state index is 8.91. The van der Waals surface area contributed by atoms with Gasteiger partial charge in [-0.25, -0.2) is 9.97 Å². The molecule has 21 heavy (non-hydrogen) atoms. The molecule has 1 aromatic carbocycles. The van der Waals surface area contributed by atoms with Gasteiger partial charge in [-0.15, -0.1) is 0 Å². The highest BCUT2D eigenvalue weighted by Crippen LogP contribution is 2.33. The van der Waals surface area contributed by atoms with Gasteiger partial charge in [0.1, 0.15) is 12.1 Å². The SMILES string of the molecule is CCCc1c(N)ncnc1Oc1ccc(C#N)cc1OC. The lowest BCUT2D eigenvalue weighted by Crippen LogP contribution is -2.03.